The van der Waals surface area contributed by atoms with Crippen molar-refractivity contribution in [2.24, 2.45) is 0 Å². The summed E-state index contributed by atoms with van der Waals surface area (Å²) in [6.45, 7) is 0. The first-order chi connectivity index (χ1) is 10.6. The lowest BCUT2D eigenvalue weighted by Gasteiger charge is -2.10. The highest BCUT2D eigenvalue weighted by Crippen LogP contribution is 2.24. The second-order valence-electron chi connectivity index (χ2n) is 4.65. The van der Waals surface area contributed by atoms with Gasteiger partial charge in [-0.25, -0.2) is 13.4 Å². The van der Waals surface area contributed by atoms with Crippen LogP contribution in [-0.2, 0) is 10.0 Å². The van der Waals surface area contributed by atoms with E-state index in [9.17, 15) is 13.2 Å². The first-order valence-corrected chi connectivity index (χ1v) is 8.01. The maximum Gasteiger partial charge on any atom is 0.261 e. The van der Waals surface area contributed by atoms with Crippen molar-refractivity contribution >= 4 is 32.9 Å². The minimum atomic E-state index is -3.70. The molecule has 1 aromatic heterocycles. The van der Waals surface area contributed by atoms with E-state index < -0.39 is 10.0 Å². The van der Waals surface area contributed by atoms with E-state index in [1.165, 1.54) is 12.1 Å². The van der Waals surface area contributed by atoms with Gasteiger partial charge in [0.2, 0.25) is 0 Å². The smallest absolute Gasteiger partial charge is 0.261 e. The average molecular weight is 312 g/mol. The molecule has 0 atom stereocenters. The Morgan fingerprint density at radius 3 is 2.41 bits per heavy atom. The molecule has 0 aliphatic heterocycles. The third kappa shape index (κ3) is 2.68. The predicted octanol–water partition coefficient (Wildman–Crippen LogP) is 2.85. The zero-order chi connectivity index (χ0) is 15.6. The van der Waals surface area contributed by atoms with Gasteiger partial charge in [-0.2, -0.15) is 0 Å². The highest BCUT2D eigenvalue weighted by molar-refractivity contribution is 7.92. The second-order valence-corrected chi connectivity index (χ2v) is 6.33. The molecule has 0 radical (unpaired) electrons. The van der Waals surface area contributed by atoms with Gasteiger partial charge in [0.05, 0.1) is 16.1 Å². The summed E-state index contributed by atoms with van der Waals surface area (Å²) in [5.74, 6) is 0. The number of hydrogen-bond acceptors (Lipinski definition) is 4. The van der Waals surface area contributed by atoms with Gasteiger partial charge in [-0.1, -0.05) is 36.4 Å². The van der Waals surface area contributed by atoms with Crippen molar-refractivity contribution in [1.82, 2.24) is 4.98 Å². The van der Waals surface area contributed by atoms with Crippen LogP contribution in [0, 0.1) is 0 Å². The molecular weight excluding hydrogens is 300 g/mol. The van der Waals surface area contributed by atoms with E-state index in [1.807, 2.05) is 0 Å². The molecule has 0 saturated heterocycles. The van der Waals surface area contributed by atoms with Crippen LogP contribution in [0.2, 0.25) is 0 Å². The Bertz CT molecular complexity index is 938. The molecule has 22 heavy (non-hydrogen) atoms. The lowest BCUT2D eigenvalue weighted by atomic mass is 10.2. The number of sulfonamides is 1. The van der Waals surface area contributed by atoms with Gasteiger partial charge in [0.25, 0.3) is 10.0 Å². The zero-order valence-electron chi connectivity index (χ0n) is 11.4. The van der Waals surface area contributed by atoms with Gasteiger partial charge in [-0.05, 0) is 24.3 Å². The Morgan fingerprint density at radius 2 is 1.68 bits per heavy atom. The van der Waals surface area contributed by atoms with Crippen molar-refractivity contribution in [3.8, 4) is 0 Å². The molecule has 0 aliphatic rings. The maximum atomic E-state index is 12.4. The van der Waals surface area contributed by atoms with Crippen molar-refractivity contribution < 1.29 is 13.2 Å². The molecule has 3 rings (SSSR count). The normalized spacial score (nSPS) is 11.3. The minimum absolute atomic E-state index is 0.165. The largest absolute Gasteiger partial charge is 0.296 e. The number of rotatable bonds is 4. The van der Waals surface area contributed by atoms with Crippen LogP contribution in [-0.4, -0.2) is 19.7 Å². The van der Waals surface area contributed by atoms with Crippen LogP contribution in [0.4, 0.5) is 5.69 Å². The van der Waals surface area contributed by atoms with Crippen LogP contribution in [0.15, 0.2) is 65.6 Å². The topological polar surface area (TPSA) is 76.1 Å². The fourth-order valence-electron chi connectivity index (χ4n) is 2.11. The first kappa shape index (κ1) is 14.2. The fraction of sp³-hybridized carbons (Fsp3) is 0. The van der Waals surface area contributed by atoms with Gasteiger partial charge >= 0.3 is 0 Å². The van der Waals surface area contributed by atoms with Crippen molar-refractivity contribution in [3.63, 3.8) is 0 Å². The van der Waals surface area contributed by atoms with Crippen molar-refractivity contribution in [2.75, 3.05) is 4.72 Å². The number of carbonyl (C=O) groups is 1. The van der Waals surface area contributed by atoms with E-state index in [1.54, 1.807) is 48.5 Å². The summed E-state index contributed by atoms with van der Waals surface area (Å²) in [6, 6.07) is 16.5. The number of benzene rings is 2. The predicted molar refractivity (Wildman–Crippen MR) is 84.4 cm³/mol. The number of aromatic nitrogens is 1. The van der Waals surface area contributed by atoms with E-state index in [0.29, 0.717) is 17.5 Å². The average Bonchev–Trinajstić information content (AvgIpc) is 2.55. The highest BCUT2D eigenvalue weighted by Gasteiger charge is 2.15. The Balaban J connectivity index is 2.09. The molecule has 0 unspecified atom stereocenters. The third-order valence-corrected chi connectivity index (χ3v) is 4.54. The van der Waals surface area contributed by atoms with Crippen LogP contribution in [0.25, 0.3) is 10.9 Å². The van der Waals surface area contributed by atoms with Crippen LogP contribution in [0.5, 0.6) is 0 Å². The van der Waals surface area contributed by atoms with Crippen LogP contribution >= 0.6 is 0 Å². The Kier molecular flexibility index (Phi) is 3.60. The maximum absolute atomic E-state index is 12.4. The minimum Gasteiger partial charge on any atom is -0.296 e. The molecule has 0 bridgehead atoms. The van der Waals surface area contributed by atoms with Crippen LogP contribution < -0.4 is 4.72 Å². The van der Waals surface area contributed by atoms with Crippen LogP contribution in [0.1, 0.15) is 10.5 Å². The summed E-state index contributed by atoms with van der Waals surface area (Å²) < 4.78 is 27.3. The molecule has 0 saturated carbocycles. The summed E-state index contributed by atoms with van der Waals surface area (Å²) in [6.07, 6.45) is 0.627. The van der Waals surface area contributed by atoms with Crippen molar-refractivity contribution in [2.45, 2.75) is 4.90 Å². The molecule has 0 fully saturated rings. The number of nitrogens with one attached hydrogen (secondary N) is 1. The highest BCUT2D eigenvalue weighted by atomic mass is 32.2. The van der Waals surface area contributed by atoms with Crippen molar-refractivity contribution in [3.05, 3.63) is 66.4 Å². The van der Waals surface area contributed by atoms with Gasteiger partial charge < -0.3 is 0 Å². The lowest BCUT2D eigenvalue weighted by molar-refractivity contribution is 0.111. The molecule has 2 aromatic carbocycles. The standard InChI is InChI=1S/C16H12N2O3S/c19-11-13-10-9-12-5-4-8-15(16(12)17-13)18-22(20,21)14-6-2-1-3-7-14/h1-11,18H. The number of anilines is 1. The fourth-order valence-corrected chi connectivity index (χ4v) is 3.20. The first-order valence-electron chi connectivity index (χ1n) is 6.53. The van der Waals surface area contributed by atoms with Crippen LogP contribution in [0.3, 0.4) is 0 Å². The summed E-state index contributed by atoms with van der Waals surface area (Å²) in [5.41, 5.74) is 1.02. The van der Waals surface area contributed by atoms with E-state index in [4.69, 9.17) is 0 Å². The Morgan fingerprint density at radius 1 is 0.909 bits per heavy atom. The number of nitrogens with zero attached hydrogens (tertiary/aromatic N) is 1. The molecule has 3 aromatic rings. The third-order valence-electron chi connectivity index (χ3n) is 3.16. The lowest BCUT2D eigenvalue weighted by Crippen LogP contribution is -2.13. The molecule has 110 valence electrons. The molecule has 6 heteroatoms. The number of aldehydes is 1. The van der Waals surface area contributed by atoms with E-state index in [2.05, 4.69) is 9.71 Å². The van der Waals surface area contributed by atoms with Gasteiger partial charge in [0.1, 0.15) is 5.69 Å². The quantitative estimate of drug-likeness (QED) is 0.752. The number of carbonyl (C=O) groups excluding carboxylic acids is 1. The molecule has 0 amide bonds. The van der Waals surface area contributed by atoms with Gasteiger partial charge in [-0.3, -0.25) is 9.52 Å². The Hall–Kier alpha value is -2.73. The monoisotopic (exact) mass is 312 g/mol. The number of fused-ring (bicyclic) bond motifs is 1. The summed E-state index contributed by atoms with van der Waals surface area (Å²) in [7, 11) is -3.70. The van der Waals surface area contributed by atoms with Gasteiger partial charge in [-0.15, -0.1) is 0 Å². The molecule has 1 heterocycles. The number of hydrogen-bond donors (Lipinski definition) is 1. The second kappa shape index (κ2) is 5.57. The molecule has 0 spiro atoms. The summed E-state index contributed by atoms with van der Waals surface area (Å²) >= 11 is 0. The van der Waals surface area contributed by atoms with E-state index in [0.717, 1.165) is 5.39 Å². The summed E-state index contributed by atoms with van der Waals surface area (Å²) in [5, 5.41) is 0.749. The zero-order valence-corrected chi connectivity index (χ0v) is 12.2. The molecular formula is C16H12N2O3S. The molecule has 1 N–H and O–H groups in total. The Labute approximate surface area is 127 Å². The SMILES string of the molecule is O=Cc1ccc2cccc(NS(=O)(=O)c3ccccc3)c2n1. The molecule has 0 aliphatic carbocycles. The van der Waals surface area contributed by atoms with E-state index >= 15 is 0 Å². The van der Waals surface area contributed by atoms with Crippen molar-refractivity contribution in [1.29, 1.82) is 0 Å². The van der Waals surface area contributed by atoms with Gasteiger partial charge in [0, 0.05) is 5.39 Å². The summed E-state index contributed by atoms with van der Waals surface area (Å²) in [4.78, 5) is 15.2. The number of para-hydroxylation sites is 1. The van der Waals surface area contributed by atoms with E-state index in [-0.39, 0.29) is 10.6 Å². The van der Waals surface area contributed by atoms with Gasteiger partial charge in [0.15, 0.2) is 6.29 Å². The molecule has 5 nitrogen and oxygen atoms in total. The number of pyridine rings is 1.